The van der Waals surface area contributed by atoms with Gasteiger partial charge < -0.3 is 14.6 Å². The first kappa shape index (κ1) is 12.7. The Labute approximate surface area is 111 Å². The van der Waals surface area contributed by atoms with Crippen LogP contribution in [-0.2, 0) is 15.9 Å². The van der Waals surface area contributed by atoms with E-state index in [2.05, 4.69) is 5.32 Å². The van der Waals surface area contributed by atoms with Crippen molar-refractivity contribution in [3.05, 3.63) is 18.2 Å². The molecule has 0 aromatic heterocycles. The van der Waals surface area contributed by atoms with Crippen molar-refractivity contribution in [2.24, 2.45) is 0 Å². The Bertz CT molecular complexity index is 423. The zero-order valence-electron chi connectivity index (χ0n) is 7.98. The second kappa shape index (κ2) is 5.09. The zero-order valence-corrected chi connectivity index (χ0v) is 10.8. The fourth-order valence-electron chi connectivity index (χ4n) is 1.17. The number of hydrogen-bond acceptors (Lipinski definition) is 4. The third kappa shape index (κ3) is 2.79. The number of anilines is 1. The van der Waals surface area contributed by atoms with Gasteiger partial charge >= 0.3 is 29.6 Å². The van der Waals surface area contributed by atoms with Crippen LogP contribution in [0, 0.1) is 0 Å². The number of carbonyl (C=O) groups is 1. The van der Waals surface area contributed by atoms with Crippen LogP contribution in [0.2, 0.25) is 0 Å². The summed E-state index contributed by atoms with van der Waals surface area (Å²) in [7, 11) is 0. The minimum absolute atomic E-state index is 0. The Morgan fingerprint density at radius 3 is 2.87 bits per heavy atom. The molecular formula is C8H6NNaO4S. The minimum atomic E-state index is -2.30. The fourth-order valence-corrected chi connectivity index (χ4v) is 1.56. The van der Waals surface area contributed by atoms with Gasteiger partial charge in [0, 0.05) is 4.90 Å². The van der Waals surface area contributed by atoms with E-state index in [4.69, 9.17) is 4.74 Å². The van der Waals surface area contributed by atoms with E-state index in [9.17, 15) is 13.6 Å². The van der Waals surface area contributed by atoms with Gasteiger partial charge in [0.25, 0.3) is 5.91 Å². The molecule has 0 saturated heterocycles. The van der Waals surface area contributed by atoms with Crippen molar-refractivity contribution >= 4 is 22.7 Å². The zero-order chi connectivity index (χ0) is 10.1. The summed E-state index contributed by atoms with van der Waals surface area (Å²) in [6.07, 6.45) is 0. The van der Waals surface area contributed by atoms with Crippen molar-refractivity contribution in [3.63, 3.8) is 0 Å². The SMILES string of the molecule is O=C1COc2ccc(S(=O)[O-])cc2N1.[Na+]. The van der Waals surface area contributed by atoms with E-state index >= 15 is 0 Å². The maximum atomic E-state index is 10.9. The van der Waals surface area contributed by atoms with Crippen LogP contribution in [-0.4, -0.2) is 21.3 Å². The van der Waals surface area contributed by atoms with Gasteiger partial charge in [0.15, 0.2) is 6.61 Å². The van der Waals surface area contributed by atoms with Gasteiger partial charge in [-0.05, 0) is 29.3 Å². The van der Waals surface area contributed by atoms with Crippen molar-refractivity contribution in [1.82, 2.24) is 0 Å². The fraction of sp³-hybridized carbons (Fsp3) is 0.125. The van der Waals surface area contributed by atoms with E-state index in [0.717, 1.165) is 0 Å². The Morgan fingerprint density at radius 1 is 1.47 bits per heavy atom. The standard InChI is InChI=1S/C8H7NO4S.Na/c10-8-4-13-7-2-1-5(14(11)12)3-6(7)9-8;/h1-3H,4H2,(H,9,10)(H,11,12);/q;+1/p-1. The molecule has 74 valence electrons. The van der Waals surface area contributed by atoms with Crippen LogP contribution in [0.1, 0.15) is 0 Å². The smallest absolute Gasteiger partial charge is 0.768 e. The molecule has 1 aliphatic rings. The van der Waals surface area contributed by atoms with Gasteiger partial charge in [0.2, 0.25) is 0 Å². The maximum absolute atomic E-state index is 10.9. The second-order valence-corrected chi connectivity index (χ2v) is 3.67. The number of fused-ring (bicyclic) bond motifs is 1. The Kier molecular flexibility index (Phi) is 4.30. The molecule has 1 amide bonds. The summed E-state index contributed by atoms with van der Waals surface area (Å²) in [6, 6.07) is 4.29. The first-order valence-electron chi connectivity index (χ1n) is 3.83. The first-order valence-corrected chi connectivity index (χ1v) is 4.90. The molecule has 0 saturated carbocycles. The molecule has 0 spiro atoms. The van der Waals surface area contributed by atoms with E-state index in [1.807, 2.05) is 0 Å². The largest absolute Gasteiger partial charge is 1.00 e. The molecule has 1 heterocycles. The summed E-state index contributed by atoms with van der Waals surface area (Å²) in [6.45, 7) is -0.0349. The summed E-state index contributed by atoms with van der Waals surface area (Å²) in [5, 5.41) is 2.52. The Hall–Kier alpha value is -0.400. The van der Waals surface area contributed by atoms with Gasteiger partial charge in [0.05, 0.1) is 5.69 Å². The van der Waals surface area contributed by atoms with Gasteiger partial charge in [-0.15, -0.1) is 0 Å². The number of ether oxygens (including phenoxy) is 1. The first-order chi connectivity index (χ1) is 6.66. The molecule has 1 aromatic carbocycles. The number of nitrogens with one attached hydrogen (secondary N) is 1. The number of hydrogen-bond donors (Lipinski definition) is 1. The molecule has 7 heteroatoms. The summed E-state index contributed by atoms with van der Waals surface area (Å²) < 4.78 is 26.3. The molecule has 1 unspecified atom stereocenters. The molecule has 1 aliphatic heterocycles. The third-order valence-corrected chi connectivity index (χ3v) is 2.42. The van der Waals surface area contributed by atoms with Crippen LogP contribution in [0.15, 0.2) is 23.1 Å². The molecule has 15 heavy (non-hydrogen) atoms. The number of benzene rings is 1. The summed E-state index contributed by atoms with van der Waals surface area (Å²) in [4.78, 5) is 11.0. The minimum Gasteiger partial charge on any atom is -0.768 e. The number of amides is 1. The van der Waals surface area contributed by atoms with Crippen LogP contribution < -0.4 is 39.6 Å². The van der Waals surface area contributed by atoms with Gasteiger partial charge in [0.1, 0.15) is 5.75 Å². The van der Waals surface area contributed by atoms with E-state index in [0.29, 0.717) is 11.4 Å². The van der Waals surface area contributed by atoms with Crippen molar-refractivity contribution in [2.75, 3.05) is 11.9 Å². The molecule has 2 rings (SSSR count). The van der Waals surface area contributed by atoms with Crippen LogP contribution in [0.3, 0.4) is 0 Å². The monoisotopic (exact) mass is 235 g/mol. The van der Waals surface area contributed by atoms with E-state index < -0.39 is 11.1 Å². The predicted molar refractivity (Wildman–Crippen MR) is 47.8 cm³/mol. The second-order valence-electron chi connectivity index (χ2n) is 2.73. The van der Waals surface area contributed by atoms with Gasteiger partial charge in [-0.25, -0.2) is 0 Å². The normalized spacial score (nSPS) is 15.4. The predicted octanol–water partition coefficient (Wildman–Crippen LogP) is -2.74. The molecule has 0 bridgehead atoms. The summed E-state index contributed by atoms with van der Waals surface area (Å²) in [5.41, 5.74) is 0.392. The van der Waals surface area contributed by atoms with Crippen molar-refractivity contribution in [2.45, 2.75) is 4.90 Å². The van der Waals surface area contributed by atoms with E-state index in [1.54, 1.807) is 0 Å². The van der Waals surface area contributed by atoms with Crippen molar-refractivity contribution in [3.8, 4) is 5.75 Å². The molecule has 1 N–H and O–H groups in total. The molecule has 5 nitrogen and oxygen atoms in total. The van der Waals surface area contributed by atoms with Crippen LogP contribution in [0.5, 0.6) is 5.75 Å². The molecule has 0 radical (unpaired) electrons. The van der Waals surface area contributed by atoms with Crippen LogP contribution in [0.4, 0.5) is 5.69 Å². The molecule has 1 atom stereocenters. The topological polar surface area (TPSA) is 78.5 Å². The van der Waals surface area contributed by atoms with E-state index in [1.165, 1.54) is 18.2 Å². The average molecular weight is 235 g/mol. The Balaban J connectivity index is 0.00000112. The summed E-state index contributed by atoms with van der Waals surface area (Å²) in [5.74, 6) is 0.199. The van der Waals surface area contributed by atoms with E-state index in [-0.39, 0.29) is 47.0 Å². The van der Waals surface area contributed by atoms with Gasteiger partial charge in [-0.2, -0.15) is 0 Å². The van der Waals surface area contributed by atoms with Crippen molar-refractivity contribution in [1.29, 1.82) is 0 Å². The third-order valence-electron chi connectivity index (χ3n) is 1.78. The molecule has 1 aromatic rings. The van der Waals surface area contributed by atoms with Crippen molar-refractivity contribution < 1.29 is 47.9 Å². The molecule has 0 fully saturated rings. The quantitative estimate of drug-likeness (QED) is 0.423. The average Bonchev–Trinajstić information content (AvgIpc) is 2.16. The Morgan fingerprint density at radius 2 is 2.20 bits per heavy atom. The molecular weight excluding hydrogens is 229 g/mol. The molecule has 0 aliphatic carbocycles. The number of carbonyl (C=O) groups excluding carboxylic acids is 1. The van der Waals surface area contributed by atoms with Gasteiger partial charge in [-0.1, -0.05) is 0 Å². The van der Waals surface area contributed by atoms with Crippen LogP contribution in [0.25, 0.3) is 0 Å². The van der Waals surface area contributed by atoms with Crippen LogP contribution >= 0.6 is 0 Å². The maximum Gasteiger partial charge on any atom is 1.00 e. The number of rotatable bonds is 1. The van der Waals surface area contributed by atoms with Gasteiger partial charge in [-0.3, -0.25) is 9.00 Å². The summed E-state index contributed by atoms with van der Waals surface area (Å²) >= 11 is -2.30.